The van der Waals surface area contributed by atoms with Crippen molar-refractivity contribution in [3.8, 4) is 11.4 Å². The second kappa shape index (κ2) is 6.31. The van der Waals surface area contributed by atoms with E-state index in [0.29, 0.717) is 16.6 Å². The van der Waals surface area contributed by atoms with Crippen LogP contribution in [0.1, 0.15) is 5.56 Å². The number of imidazole rings is 1. The molecule has 0 amide bonds. The lowest BCUT2D eigenvalue weighted by Crippen LogP contribution is -2.02. The van der Waals surface area contributed by atoms with Crippen LogP contribution in [-0.2, 0) is 6.54 Å². The van der Waals surface area contributed by atoms with Gasteiger partial charge in [0, 0.05) is 15.6 Å². The average Bonchev–Trinajstić information content (AvgIpc) is 2.97. The van der Waals surface area contributed by atoms with Gasteiger partial charge >= 0.3 is 0 Å². The Morgan fingerprint density at radius 3 is 2.38 bits per heavy atom. The molecule has 4 rings (SSSR count). The van der Waals surface area contributed by atoms with Crippen molar-refractivity contribution in [2.75, 3.05) is 0 Å². The number of fused-ring (bicyclic) bond motifs is 1. The molecule has 3 aromatic carbocycles. The van der Waals surface area contributed by atoms with E-state index in [1.807, 2.05) is 48.5 Å². The Balaban J connectivity index is 1.89. The molecule has 0 aliphatic heterocycles. The first kappa shape index (κ1) is 15.3. The summed E-state index contributed by atoms with van der Waals surface area (Å²) in [5, 5.41) is 1.31. The molecular weight excluding hydrogens is 339 g/mol. The quantitative estimate of drug-likeness (QED) is 0.438. The molecule has 4 heteroatoms. The molecule has 1 aromatic heterocycles. The molecule has 0 N–H and O–H groups in total. The molecule has 0 aliphatic rings. The van der Waals surface area contributed by atoms with E-state index in [4.69, 9.17) is 28.2 Å². The van der Waals surface area contributed by atoms with Crippen LogP contribution in [0.2, 0.25) is 10.0 Å². The highest BCUT2D eigenvalue weighted by atomic mass is 35.5. The van der Waals surface area contributed by atoms with Gasteiger partial charge in [-0.1, -0.05) is 71.7 Å². The molecule has 24 heavy (non-hydrogen) atoms. The summed E-state index contributed by atoms with van der Waals surface area (Å²) in [6.45, 7) is 0.640. The minimum Gasteiger partial charge on any atom is -0.319 e. The second-order valence-corrected chi connectivity index (χ2v) is 6.46. The predicted octanol–water partition coefficient (Wildman–Crippen LogP) is 6.06. The van der Waals surface area contributed by atoms with Crippen molar-refractivity contribution in [3.63, 3.8) is 0 Å². The van der Waals surface area contributed by atoms with E-state index in [-0.39, 0.29) is 0 Å². The maximum atomic E-state index is 6.38. The highest BCUT2D eigenvalue weighted by molar-refractivity contribution is 6.35. The van der Waals surface area contributed by atoms with E-state index in [2.05, 4.69) is 22.8 Å². The molecule has 0 aliphatic carbocycles. The van der Waals surface area contributed by atoms with Gasteiger partial charge in [0.1, 0.15) is 5.82 Å². The fourth-order valence-corrected chi connectivity index (χ4v) is 3.33. The van der Waals surface area contributed by atoms with Crippen molar-refractivity contribution in [1.82, 2.24) is 9.55 Å². The monoisotopic (exact) mass is 352 g/mol. The Morgan fingerprint density at radius 2 is 1.58 bits per heavy atom. The van der Waals surface area contributed by atoms with Gasteiger partial charge in [0.05, 0.1) is 17.6 Å². The number of hydrogen-bond donors (Lipinski definition) is 0. The van der Waals surface area contributed by atoms with E-state index in [1.165, 1.54) is 0 Å². The van der Waals surface area contributed by atoms with Crippen molar-refractivity contribution < 1.29 is 0 Å². The number of hydrogen-bond acceptors (Lipinski definition) is 1. The summed E-state index contributed by atoms with van der Waals surface area (Å²) in [4.78, 5) is 4.82. The molecule has 4 aromatic rings. The SMILES string of the molecule is Clc1ccc(Cn2c(-c3ccccc3)nc3ccccc32)c(Cl)c1. The Hall–Kier alpha value is -2.29. The van der Waals surface area contributed by atoms with Gasteiger partial charge in [-0.3, -0.25) is 0 Å². The third-order valence-electron chi connectivity index (χ3n) is 4.03. The van der Waals surface area contributed by atoms with E-state index in [9.17, 15) is 0 Å². The first-order chi connectivity index (χ1) is 11.7. The second-order valence-electron chi connectivity index (χ2n) is 5.61. The topological polar surface area (TPSA) is 17.8 Å². The minimum atomic E-state index is 0.640. The van der Waals surface area contributed by atoms with Gasteiger partial charge in [-0.25, -0.2) is 4.98 Å². The van der Waals surface area contributed by atoms with Crippen molar-refractivity contribution in [1.29, 1.82) is 0 Å². The van der Waals surface area contributed by atoms with E-state index in [1.54, 1.807) is 6.07 Å². The first-order valence-electron chi connectivity index (χ1n) is 7.67. The molecular formula is C20H14Cl2N2. The molecule has 0 spiro atoms. The van der Waals surface area contributed by atoms with Gasteiger partial charge < -0.3 is 4.57 Å². The standard InChI is InChI=1S/C20H14Cl2N2/c21-16-11-10-15(17(22)12-16)13-24-19-9-5-4-8-18(19)23-20(24)14-6-2-1-3-7-14/h1-12H,13H2. The van der Waals surface area contributed by atoms with Gasteiger partial charge in [0.25, 0.3) is 0 Å². The van der Waals surface area contributed by atoms with Crippen molar-refractivity contribution >= 4 is 34.2 Å². The van der Waals surface area contributed by atoms with Gasteiger partial charge in [-0.15, -0.1) is 0 Å². The van der Waals surface area contributed by atoms with Crippen LogP contribution in [0.25, 0.3) is 22.4 Å². The molecule has 0 atom stereocenters. The van der Waals surface area contributed by atoms with Crippen LogP contribution < -0.4 is 0 Å². The maximum absolute atomic E-state index is 6.38. The lowest BCUT2D eigenvalue weighted by Gasteiger charge is -2.11. The fourth-order valence-electron chi connectivity index (χ4n) is 2.86. The van der Waals surface area contributed by atoms with Gasteiger partial charge in [-0.2, -0.15) is 0 Å². The van der Waals surface area contributed by atoms with Crippen LogP contribution in [0.15, 0.2) is 72.8 Å². The number of benzene rings is 3. The normalized spacial score (nSPS) is 11.1. The number of nitrogens with zero attached hydrogens (tertiary/aromatic N) is 2. The highest BCUT2D eigenvalue weighted by Gasteiger charge is 2.13. The molecule has 0 fully saturated rings. The largest absolute Gasteiger partial charge is 0.319 e. The van der Waals surface area contributed by atoms with Crippen LogP contribution in [0, 0.1) is 0 Å². The van der Waals surface area contributed by atoms with Crippen LogP contribution in [0.3, 0.4) is 0 Å². The third-order valence-corrected chi connectivity index (χ3v) is 4.62. The first-order valence-corrected chi connectivity index (χ1v) is 8.42. The van der Waals surface area contributed by atoms with Crippen LogP contribution in [0.4, 0.5) is 0 Å². The van der Waals surface area contributed by atoms with Crippen LogP contribution in [0.5, 0.6) is 0 Å². The number of halogens is 2. The molecule has 0 saturated carbocycles. The summed E-state index contributed by atoms with van der Waals surface area (Å²) >= 11 is 12.4. The zero-order chi connectivity index (χ0) is 16.5. The summed E-state index contributed by atoms with van der Waals surface area (Å²) in [6.07, 6.45) is 0. The Kier molecular flexibility index (Phi) is 4.01. The zero-order valence-electron chi connectivity index (χ0n) is 12.8. The third kappa shape index (κ3) is 2.79. The molecule has 118 valence electrons. The highest BCUT2D eigenvalue weighted by Crippen LogP contribution is 2.28. The average molecular weight is 353 g/mol. The van der Waals surface area contributed by atoms with Gasteiger partial charge in [0.2, 0.25) is 0 Å². The van der Waals surface area contributed by atoms with Crippen LogP contribution in [-0.4, -0.2) is 9.55 Å². The smallest absolute Gasteiger partial charge is 0.141 e. The summed E-state index contributed by atoms with van der Waals surface area (Å²) in [5.41, 5.74) is 4.16. The summed E-state index contributed by atoms with van der Waals surface area (Å²) in [5.74, 6) is 0.933. The summed E-state index contributed by atoms with van der Waals surface area (Å²) < 4.78 is 2.19. The lowest BCUT2D eigenvalue weighted by atomic mass is 10.2. The van der Waals surface area contributed by atoms with Gasteiger partial charge in [-0.05, 0) is 29.8 Å². The predicted molar refractivity (Wildman–Crippen MR) is 101 cm³/mol. The molecule has 0 bridgehead atoms. The van der Waals surface area contributed by atoms with Crippen molar-refractivity contribution in [3.05, 3.63) is 88.4 Å². The minimum absolute atomic E-state index is 0.640. The number of rotatable bonds is 3. The Bertz CT molecular complexity index is 1010. The molecule has 0 saturated heterocycles. The van der Waals surface area contributed by atoms with E-state index >= 15 is 0 Å². The summed E-state index contributed by atoms with van der Waals surface area (Å²) in [7, 11) is 0. The maximum Gasteiger partial charge on any atom is 0.141 e. The summed E-state index contributed by atoms with van der Waals surface area (Å²) in [6, 6.07) is 23.9. The zero-order valence-corrected chi connectivity index (χ0v) is 14.3. The Labute approximate surface area is 150 Å². The van der Waals surface area contributed by atoms with Crippen LogP contribution >= 0.6 is 23.2 Å². The molecule has 1 heterocycles. The number of aromatic nitrogens is 2. The molecule has 0 radical (unpaired) electrons. The molecule has 0 unspecified atom stereocenters. The van der Waals surface area contributed by atoms with E-state index < -0.39 is 0 Å². The fraction of sp³-hybridized carbons (Fsp3) is 0.0500. The molecule has 2 nitrogen and oxygen atoms in total. The van der Waals surface area contributed by atoms with Gasteiger partial charge in [0.15, 0.2) is 0 Å². The van der Waals surface area contributed by atoms with Crippen molar-refractivity contribution in [2.45, 2.75) is 6.54 Å². The Morgan fingerprint density at radius 1 is 0.833 bits per heavy atom. The lowest BCUT2D eigenvalue weighted by molar-refractivity contribution is 0.834. The van der Waals surface area contributed by atoms with Crippen molar-refractivity contribution in [2.24, 2.45) is 0 Å². The number of para-hydroxylation sites is 2. The van der Waals surface area contributed by atoms with E-state index in [0.717, 1.165) is 28.0 Å².